The van der Waals surface area contributed by atoms with Crippen LogP contribution in [0.25, 0.3) is 0 Å². The minimum absolute atomic E-state index is 0.0853. The van der Waals surface area contributed by atoms with Crippen molar-refractivity contribution in [1.29, 1.82) is 0 Å². The number of hydrogen-bond donors (Lipinski definition) is 2. The van der Waals surface area contributed by atoms with Gasteiger partial charge < -0.3 is 15.3 Å². The van der Waals surface area contributed by atoms with Gasteiger partial charge in [-0.25, -0.2) is 4.79 Å². The quantitative estimate of drug-likeness (QED) is 0.755. The van der Waals surface area contributed by atoms with E-state index in [0.717, 1.165) is 25.7 Å². The van der Waals surface area contributed by atoms with Gasteiger partial charge in [0.15, 0.2) is 0 Å². The predicted octanol–water partition coefficient (Wildman–Crippen LogP) is 1.44. The van der Waals surface area contributed by atoms with Crippen molar-refractivity contribution in [2.24, 2.45) is 5.92 Å². The van der Waals surface area contributed by atoms with Crippen LogP contribution >= 0.6 is 0 Å². The van der Waals surface area contributed by atoms with E-state index in [0.29, 0.717) is 25.4 Å². The molecule has 0 aliphatic heterocycles. The lowest BCUT2D eigenvalue weighted by Crippen LogP contribution is -2.47. The molecule has 2 N–H and O–H groups in total. The second-order valence-corrected chi connectivity index (χ2v) is 5.40. The third kappa shape index (κ3) is 3.63. The largest absolute Gasteiger partial charge is 0.481 e. The fraction of sp³-hybridized carbons (Fsp3) is 0.714. The van der Waals surface area contributed by atoms with Gasteiger partial charge in [-0.05, 0) is 38.5 Å². The molecule has 2 rings (SSSR count). The number of nitrogens with zero attached hydrogens (tertiary/aromatic N) is 1. The number of hydrogen-bond acceptors (Lipinski definition) is 2. The van der Waals surface area contributed by atoms with Crippen LogP contribution in [0.4, 0.5) is 4.79 Å². The van der Waals surface area contributed by atoms with E-state index < -0.39 is 5.97 Å². The van der Waals surface area contributed by atoms with Crippen molar-refractivity contribution < 1.29 is 14.7 Å². The van der Waals surface area contributed by atoms with E-state index in [4.69, 9.17) is 11.5 Å². The standard InChI is InChI=1S/C14H20N2O3/c1-2-9-16(12-7-8-12)14(19)15-11-5-3-10(4-6-11)13(17)18/h1,10-12H,3-9H2,(H,15,19)(H,17,18). The van der Waals surface area contributed by atoms with Gasteiger partial charge in [-0.3, -0.25) is 4.79 Å². The molecule has 0 atom stereocenters. The van der Waals surface area contributed by atoms with Crippen molar-refractivity contribution in [2.75, 3.05) is 6.54 Å². The molecular weight excluding hydrogens is 244 g/mol. The Hall–Kier alpha value is -1.70. The monoisotopic (exact) mass is 264 g/mol. The van der Waals surface area contributed by atoms with Crippen LogP contribution in [-0.2, 0) is 4.79 Å². The van der Waals surface area contributed by atoms with Gasteiger partial charge in [-0.15, -0.1) is 6.42 Å². The number of nitrogens with one attached hydrogen (secondary N) is 1. The molecule has 0 saturated heterocycles. The van der Waals surface area contributed by atoms with Gasteiger partial charge in [0.1, 0.15) is 0 Å². The van der Waals surface area contributed by atoms with Gasteiger partial charge in [-0.1, -0.05) is 5.92 Å². The molecule has 2 amide bonds. The molecule has 0 heterocycles. The summed E-state index contributed by atoms with van der Waals surface area (Å²) in [4.78, 5) is 24.7. The van der Waals surface area contributed by atoms with Crippen molar-refractivity contribution in [3.8, 4) is 12.3 Å². The SMILES string of the molecule is C#CCN(C(=O)NC1CCC(C(=O)O)CC1)C1CC1. The van der Waals surface area contributed by atoms with E-state index in [1.165, 1.54) is 0 Å². The number of carbonyl (C=O) groups is 2. The molecule has 0 bridgehead atoms. The second kappa shape index (κ2) is 5.96. The van der Waals surface area contributed by atoms with Crippen LogP contribution in [0, 0.1) is 18.3 Å². The Labute approximate surface area is 113 Å². The minimum atomic E-state index is -0.725. The maximum Gasteiger partial charge on any atom is 0.318 e. The summed E-state index contributed by atoms with van der Waals surface area (Å²) in [6, 6.07) is 0.285. The van der Waals surface area contributed by atoms with Crippen LogP contribution in [0.5, 0.6) is 0 Å². The van der Waals surface area contributed by atoms with Gasteiger partial charge in [0.05, 0.1) is 12.5 Å². The number of carboxylic acids is 1. The third-order valence-corrected chi connectivity index (χ3v) is 3.91. The van der Waals surface area contributed by atoms with Gasteiger partial charge in [0.25, 0.3) is 0 Å². The molecule has 5 heteroatoms. The zero-order valence-corrected chi connectivity index (χ0v) is 11.0. The van der Waals surface area contributed by atoms with Crippen LogP contribution in [0.2, 0.25) is 0 Å². The summed E-state index contributed by atoms with van der Waals surface area (Å²) in [5.41, 5.74) is 0. The average Bonchev–Trinajstić information content (AvgIpc) is 3.20. The summed E-state index contributed by atoms with van der Waals surface area (Å²) in [7, 11) is 0. The van der Waals surface area contributed by atoms with Crippen LogP contribution < -0.4 is 5.32 Å². The normalized spacial score (nSPS) is 26.3. The van der Waals surface area contributed by atoms with E-state index in [-0.39, 0.29) is 18.0 Å². The van der Waals surface area contributed by atoms with Gasteiger partial charge in [-0.2, -0.15) is 0 Å². The van der Waals surface area contributed by atoms with Crippen molar-refractivity contribution in [3.63, 3.8) is 0 Å². The molecule has 104 valence electrons. The first-order valence-electron chi connectivity index (χ1n) is 6.85. The van der Waals surface area contributed by atoms with Crippen molar-refractivity contribution in [3.05, 3.63) is 0 Å². The molecule has 2 aliphatic carbocycles. The molecule has 2 aliphatic rings. The van der Waals surface area contributed by atoms with Crippen molar-refractivity contribution >= 4 is 12.0 Å². The molecule has 5 nitrogen and oxygen atoms in total. The maximum absolute atomic E-state index is 12.1. The van der Waals surface area contributed by atoms with E-state index in [9.17, 15) is 9.59 Å². The summed E-state index contributed by atoms with van der Waals surface area (Å²) < 4.78 is 0. The molecule has 0 spiro atoms. The Bertz CT molecular complexity index is 390. The Morgan fingerprint density at radius 2 is 1.84 bits per heavy atom. The predicted molar refractivity (Wildman–Crippen MR) is 70.5 cm³/mol. The molecule has 2 fully saturated rings. The Morgan fingerprint density at radius 3 is 2.32 bits per heavy atom. The zero-order valence-electron chi connectivity index (χ0n) is 11.0. The summed E-state index contributed by atoms with van der Waals surface area (Å²) in [5, 5.41) is 11.9. The van der Waals surface area contributed by atoms with E-state index in [2.05, 4.69) is 11.2 Å². The number of rotatable bonds is 4. The van der Waals surface area contributed by atoms with Crippen LogP contribution in [-0.4, -0.2) is 40.6 Å². The Morgan fingerprint density at radius 1 is 1.21 bits per heavy atom. The maximum atomic E-state index is 12.1. The third-order valence-electron chi connectivity index (χ3n) is 3.91. The fourth-order valence-electron chi connectivity index (χ4n) is 2.59. The lowest BCUT2D eigenvalue weighted by molar-refractivity contribution is -0.142. The lowest BCUT2D eigenvalue weighted by Gasteiger charge is -2.29. The highest BCUT2D eigenvalue weighted by atomic mass is 16.4. The number of aliphatic carboxylic acids is 1. The highest BCUT2D eigenvalue weighted by molar-refractivity contribution is 5.75. The summed E-state index contributed by atoms with van der Waals surface area (Å²) in [6.45, 7) is 0.348. The second-order valence-electron chi connectivity index (χ2n) is 5.40. The van der Waals surface area contributed by atoms with E-state index in [1.54, 1.807) is 4.90 Å². The minimum Gasteiger partial charge on any atom is -0.481 e. The van der Waals surface area contributed by atoms with Gasteiger partial charge >= 0.3 is 12.0 Å². The Kier molecular flexibility index (Phi) is 4.31. The van der Waals surface area contributed by atoms with Crippen molar-refractivity contribution in [1.82, 2.24) is 10.2 Å². The summed E-state index contributed by atoms with van der Waals surface area (Å²) >= 11 is 0. The highest BCUT2D eigenvalue weighted by Crippen LogP contribution is 2.28. The Balaban J connectivity index is 1.79. The number of carbonyl (C=O) groups excluding carboxylic acids is 1. The molecule has 0 unspecified atom stereocenters. The molecule has 0 aromatic carbocycles. The van der Waals surface area contributed by atoms with Crippen molar-refractivity contribution in [2.45, 2.75) is 50.6 Å². The van der Waals surface area contributed by atoms with E-state index in [1.807, 2.05) is 0 Å². The first-order valence-corrected chi connectivity index (χ1v) is 6.85. The number of terminal acetylenes is 1. The first-order chi connectivity index (χ1) is 9.11. The molecular formula is C14H20N2O3. The fourth-order valence-corrected chi connectivity index (χ4v) is 2.59. The molecule has 19 heavy (non-hydrogen) atoms. The molecule has 0 aromatic heterocycles. The molecule has 0 aromatic rings. The number of amides is 2. The smallest absolute Gasteiger partial charge is 0.318 e. The lowest BCUT2D eigenvalue weighted by atomic mass is 9.86. The topological polar surface area (TPSA) is 69.6 Å². The summed E-state index contributed by atoms with van der Waals surface area (Å²) in [5.74, 6) is 1.54. The van der Waals surface area contributed by atoms with Crippen LogP contribution in [0.15, 0.2) is 0 Å². The van der Waals surface area contributed by atoms with E-state index >= 15 is 0 Å². The highest BCUT2D eigenvalue weighted by Gasteiger charge is 2.34. The molecule has 2 saturated carbocycles. The number of carboxylic acid groups (broad SMARTS) is 1. The van der Waals surface area contributed by atoms with Crippen LogP contribution in [0.1, 0.15) is 38.5 Å². The summed E-state index contributed by atoms with van der Waals surface area (Å²) in [6.07, 6.45) is 10.1. The molecule has 0 radical (unpaired) electrons. The first kappa shape index (κ1) is 13.7. The average molecular weight is 264 g/mol. The van der Waals surface area contributed by atoms with Crippen LogP contribution in [0.3, 0.4) is 0 Å². The van der Waals surface area contributed by atoms with Gasteiger partial charge in [0.2, 0.25) is 0 Å². The van der Waals surface area contributed by atoms with Gasteiger partial charge in [0, 0.05) is 12.1 Å². The number of urea groups is 1. The zero-order chi connectivity index (χ0) is 13.8.